The van der Waals surface area contributed by atoms with E-state index in [-0.39, 0.29) is 0 Å². The van der Waals surface area contributed by atoms with Gasteiger partial charge >= 0.3 is 0 Å². The molecule has 0 aromatic heterocycles. The van der Waals surface area contributed by atoms with Gasteiger partial charge in [0.25, 0.3) is 0 Å². The second kappa shape index (κ2) is 4.43. The van der Waals surface area contributed by atoms with Gasteiger partial charge in [-0.1, -0.05) is 44.0 Å². The lowest BCUT2D eigenvalue weighted by Gasteiger charge is -2.09. The molecule has 0 nitrogen and oxygen atoms in total. The molecular formula is C10H12Br2. The van der Waals surface area contributed by atoms with Crippen molar-refractivity contribution in [1.82, 2.24) is 0 Å². The molecule has 0 amide bonds. The zero-order valence-corrected chi connectivity index (χ0v) is 10.5. The molecule has 0 unspecified atom stereocenters. The smallest absolute Gasteiger partial charge is 0.0285 e. The van der Waals surface area contributed by atoms with Crippen LogP contribution in [-0.2, 0) is 10.7 Å². The molecule has 0 saturated carbocycles. The summed E-state index contributed by atoms with van der Waals surface area (Å²) >= 11 is 6.95. The van der Waals surface area contributed by atoms with Crippen molar-refractivity contribution < 1.29 is 0 Å². The van der Waals surface area contributed by atoms with Crippen LogP contribution >= 0.6 is 31.9 Å². The fourth-order valence-electron chi connectivity index (χ4n) is 1.22. The number of rotatable bonds is 2. The van der Waals surface area contributed by atoms with Crippen molar-refractivity contribution in [1.29, 1.82) is 0 Å². The predicted octanol–water partition coefficient (Wildman–Crippen LogP) is 4.09. The first-order valence-electron chi connectivity index (χ1n) is 3.90. The normalized spacial score (nSPS) is 10.3. The molecule has 0 aliphatic carbocycles. The first-order chi connectivity index (χ1) is 5.70. The topological polar surface area (TPSA) is 0 Å². The number of hydrogen-bond donors (Lipinski definition) is 0. The molecule has 0 atom stereocenters. The van der Waals surface area contributed by atoms with Crippen molar-refractivity contribution in [3.05, 3.63) is 34.4 Å². The molecule has 12 heavy (non-hydrogen) atoms. The van der Waals surface area contributed by atoms with Crippen LogP contribution in [0.1, 0.15) is 22.3 Å². The monoisotopic (exact) mass is 290 g/mol. The third-order valence-electron chi connectivity index (χ3n) is 2.30. The molecule has 0 saturated heterocycles. The van der Waals surface area contributed by atoms with E-state index in [1.165, 1.54) is 22.3 Å². The van der Waals surface area contributed by atoms with E-state index in [0.29, 0.717) is 0 Å². The standard InChI is InChI=1S/C10H12Br2/c1-7-8(2)10(6-12)4-3-9(7)5-11/h3-4H,5-6H2,1-2H3. The maximum absolute atomic E-state index is 3.48. The van der Waals surface area contributed by atoms with E-state index in [1.54, 1.807) is 0 Å². The molecule has 1 aromatic carbocycles. The Morgan fingerprint density at radius 1 is 0.917 bits per heavy atom. The molecule has 0 aliphatic heterocycles. The van der Waals surface area contributed by atoms with E-state index in [4.69, 9.17) is 0 Å². The maximum Gasteiger partial charge on any atom is 0.0285 e. The Morgan fingerprint density at radius 2 is 1.25 bits per heavy atom. The second-order valence-corrected chi connectivity index (χ2v) is 4.02. The van der Waals surface area contributed by atoms with E-state index in [0.717, 1.165) is 10.7 Å². The summed E-state index contributed by atoms with van der Waals surface area (Å²) in [5, 5.41) is 1.89. The molecule has 0 fully saturated rings. The molecule has 0 heterocycles. The zero-order valence-electron chi connectivity index (χ0n) is 7.32. The average Bonchev–Trinajstić information content (AvgIpc) is 2.10. The Morgan fingerprint density at radius 3 is 1.50 bits per heavy atom. The van der Waals surface area contributed by atoms with Crippen LogP contribution in [0.15, 0.2) is 12.1 Å². The summed E-state index contributed by atoms with van der Waals surface area (Å²) in [6.45, 7) is 4.36. The third-order valence-corrected chi connectivity index (χ3v) is 3.51. The van der Waals surface area contributed by atoms with Gasteiger partial charge in [0.15, 0.2) is 0 Å². The molecule has 0 N–H and O–H groups in total. The summed E-state index contributed by atoms with van der Waals surface area (Å²) in [6, 6.07) is 4.38. The van der Waals surface area contributed by atoms with Gasteiger partial charge in [-0.05, 0) is 36.1 Å². The van der Waals surface area contributed by atoms with Crippen LogP contribution in [0, 0.1) is 13.8 Å². The Bertz CT molecular complexity index is 250. The van der Waals surface area contributed by atoms with Crippen molar-refractivity contribution in [3.63, 3.8) is 0 Å². The lowest BCUT2D eigenvalue weighted by molar-refractivity contribution is 1.20. The molecule has 1 rings (SSSR count). The molecule has 2 heteroatoms. The minimum atomic E-state index is 0.947. The summed E-state index contributed by atoms with van der Waals surface area (Å²) in [6.07, 6.45) is 0. The van der Waals surface area contributed by atoms with Gasteiger partial charge in [0.05, 0.1) is 0 Å². The molecule has 0 aliphatic rings. The van der Waals surface area contributed by atoms with Gasteiger partial charge in [0.2, 0.25) is 0 Å². The van der Waals surface area contributed by atoms with Gasteiger partial charge < -0.3 is 0 Å². The molecule has 1 aromatic rings. The Kier molecular flexibility index (Phi) is 3.78. The van der Waals surface area contributed by atoms with Crippen molar-refractivity contribution >= 4 is 31.9 Å². The highest BCUT2D eigenvalue weighted by Gasteiger charge is 2.03. The average molecular weight is 292 g/mol. The van der Waals surface area contributed by atoms with Crippen LogP contribution in [0.4, 0.5) is 0 Å². The van der Waals surface area contributed by atoms with Crippen LogP contribution in [-0.4, -0.2) is 0 Å². The van der Waals surface area contributed by atoms with Crippen LogP contribution in [0.2, 0.25) is 0 Å². The molecule has 66 valence electrons. The lowest BCUT2D eigenvalue weighted by atomic mass is 10.0. The highest BCUT2D eigenvalue weighted by Crippen LogP contribution is 2.21. The number of benzene rings is 1. The minimum absolute atomic E-state index is 0.947. The molecule has 0 spiro atoms. The summed E-state index contributed by atoms with van der Waals surface area (Å²) in [7, 11) is 0. The van der Waals surface area contributed by atoms with Gasteiger partial charge in [0, 0.05) is 10.7 Å². The molecular weight excluding hydrogens is 280 g/mol. The van der Waals surface area contributed by atoms with E-state index < -0.39 is 0 Å². The van der Waals surface area contributed by atoms with Crippen LogP contribution in [0.25, 0.3) is 0 Å². The Labute approximate surface area is 90.6 Å². The summed E-state index contributed by atoms with van der Waals surface area (Å²) in [5.41, 5.74) is 5.59. The molecule has 0 radical (unpaired) electrons. The lowest BCUT2D eigenvalue weighted by Crippen LogP contribution is -1.93. The van der Waals surface area contributed by atoms with Crippen molar-refractivity contribution in [2.24, 2.45) is 0 Å². The van der Waals surface area contributed by atoms with Gasteiger partial charge in [-0.2, -0.15) is 0 Å². The fourth-order valence-corrected chi connectivity index (χ4v) is 2.44. The van der Waals surface area contributed by atoms with Crippen molar-refractivity contribution in [2.45, 2.75) is 24.5 Å². The highest BCUT2D eigenvalue weighted by molar-refractivity contribution is 9.08. The van der Waals surface area contributed by atoms with E-state index in [9.17, 15) is 0 Å². The number of halogens is 2. The molecule has 0 bridgehead atoms. The second-order valence-electron chi connectivity index (χ2n) is 2.90. The van der Waals surface area contributed by atoms with E-state index >= 15 is 0 Å². The zero-order chi connectivity index (χ0) is 9.14. The Hall–Kier alpha value is 0.180. The SMILES string of the molecule is Cc1c(CBr)ccc(CBr)c1C. The van der Waals surface area contributed by atoms with Crippen molar-refractivity contribution in [2.75, 3.05) is 0 Å². The first kappa shape index (κ1) is 10.3. The number of alkyl halides is 2. The van der Waals surface area contributed by atoms with E-state index in [1.807, 2.05) is 0 Å². The summed E-state index contributed by atoms with van der Waals surface area (Å²) in [5.74, 6) is 0. The van der Waals surface area contributed by atoms with Crippen LogP contribution in [0.3, 0.4) is 0 Å². The van der Waals surface area contributed by atoms with Gasteiger partial charge in [-0.15, -0.1) is 0 Å². The van der Waals surface area contributed by atoms with E-state index in [2.05, 4.69) is 57.8 Å². The van der Waals surface area contributed by atoms with Crippen LogP contribution < -0.4 is 0 Å². The van der Waals surface area contributed by atoms with Gasteiger partial charge in [-0.25, -0.2) is 0 Å². The van der Waals surface area contributed by atoms with Crippen molar-refractivity contribution in [3.8, 4) is 0 Å². The first-order valence-corrected chi connectivity index (χ1v) is 6.15. The van der Waals surface area contributed by atoms with Gasteiger partial charge in [-0.3, -0.25) is 0 Å². The Balaban J connectivity index is 3.20. The fraction of sp³-hybridized carbons (Fsp3) is 0.400. The summed E-state index contributed by atoms with van der Waals surface area (Å²) < 4.78 is 0. The highest BCUT2D eigenvalue weighted by atomic mass is 79.9. The van der Waals surface area contributed by atoms with Crippen LogP contribution in [0.5, 0.6) is 0 Å². The number of hydrogen-bond acceptors (Lipinski definition) is 0. The largest absolute Gasteiger partial charge is 0.0876 e. The minimum Gasteiger partial charge on any atom is -0.0876 e. The quantitative estimate of drug-likeness (QED) is 0.720. The summed E-state index contributed by atoms with van der Waals surface area (Å²) in [4.78, 5) is 0. The maximum atomic E-state index is 3.48. The third kappa shape index (κ3) is 1.91. The van der Waals surface area contributed by atoms with Gasteiger partial charge in [0.1, 0.15) is 0 Å². The predicted molar refractivity (Wildman–Crippen MR) is 61.2 cm³/mol.